The second kappa shape index (κ2) is 13.8. The first-order valence-electron chi connectivity index (χ1n) is 19.9. The minimum Gasteiger partial charge on any atom is -0.279 e. The number of hydrogen-bond acceptors (Lipinski definition) is 3. The smallest absolute Gasteiger partial charge is 0.0864 e. The maximum absolute atomic E-state index is 4.01. The maximum Gasteiger partial charge on any atom is 0.0864 e. The maximum atomic E-state index is 4.01. The molecule has 3 unspecified atom stereocenters. The van der Waals surface area contributed by atoms with Crippen LogP contribution in [0.3, 0.4) is 0 Å². The van der Waals surface area contributed by atoms with Crippen LogP contribution in [0, 0.1) is 0 Å². The highest BCUT2D eigenvalue weighted by molar-refractivity contribution is 6.06. The van der Waals surface area contributed by atoms with Crippen molar-refractivity contribution in [2.24, 2.45) is 0 Å². The number of nitrogens with one attached hydrogen (secondary N) is 3. The van der Waals surface area contributed by atoms with Gasteiger partial charge in [0.05, 0.1) is 23.9 Å². The third-order valence-electron chi connectivity index (χ3n) is 12.2. The summed E-state index contributed by atoms with van der Waals surface area (Å²) < 4.78 is 0. The van der Waals surface area contributed by atoms with Crippen LogP contribution in [-0.2, 0) is 5.41 Å². The van der Waals surface area contributed by atoms with Crippen molar-refractivity contribution in [1.29, 1.82) is 0 Å². The van der Waals surface area contributed by atoms with Gasteiger partial charge in [-0.1, -0.05) is 200 Å². The van der Waals surface area contributed by atoms with E-state index in [9.17, 15) is 0 Å². The predicted molar refractivity (Wildman–Crippen MR) is 235 cm³/mol. The fourth-order valence-electron chi connectivity index (χ4n) is 9.66. The van der Waals surface area contributed by atoms with Crippen LogP contribution >= 0.6 is 0 Å². The molecule has 9 aromatic rings. The Kier molecular flexibility index (Phi) is 8.18. The molecule has 2 aliphatic rings. The Balaban J connectivity index is 1.16. The van der Waals surface area contributed by atoms with Crippen LogP contribution in [0.25, 0.3) is 43.8 Å². The van der Waals surface area contributed by atoms with Crippen molar-refractivity contribution in [2.45, 2.75) is 23.9 Å². The van der Waals surface area contributed by atoms with Crippen molar-refractivity contribution < 1.29 is 0 Å². The minimum absolute atomic E-state index is 0.0824. The van der Waals surface area contributed by atoms with Gasteiger partial charge < -0.3 is 0 Å². The Morgan fingerprint density at radius 1 is 0.351 bits per heavy atom. The van der Waals surface area contributed by atoms with Crippen LogP contribution in [0.4, 0.5) is 0 Å². The summed E-state index contributed by atoms with van der Waals surface area (Å²) >= 11 is 0. The fourth-order valence-corrected chi connectivity index (χ4v) is 9.66. The molecular formula is C54H41N3. The van der Waals surface area contributed by atoms with Crippen molar-refractivity contribution in [3.05, 3.63) is 251 Å². The van der Waals surface area contributed by atoms with Crippen molar-refractivity contribution in [3.8, 4) is 22.3 Å². The third-order valence-corrected chi connectivity index (χ3v) is 12.2. The molecule has 57 heavy (non-hydrogen) atoms. The molecule has 3 N–H and O–H groups in total. The number of fused-ring (bicyclic) bond motifs is 6. The van der Waals surface area contributed by atoms with Crippen LogP contribution in [0.5, 0.6) is 0 Å². The Labute approximate surface area is 333 Å². The van der Waals surface area contributed by atoms with E-state index in [1.165, 1.54) is 82.7 Å². The highest BCUT2D eigenvalue weighted by Gasteiger charge is 2.48. The first kappa shape index (κ1) is 33.7. The van der Waals surface area contributed by atoms with Crippen LogP contribution in [0.15, 0.2) is 212 Å². The van der Waals surface area contributed by atoms with Crippen LogP contribution in [0.1, 0.15) is 57.4 Å². The van der Waals surface area contributed by atoms with Gasteiger partial charge >= 0.3 is 0 Å². The van der Waals surface area contributed by atoms with Gasteiger partial charge in [0.2, 0.25) is 0 Å². The lowest BCUT2D eigenvalue weighted by Gasteiger charge is -2.40. The Hall–Kier alpha value is -6.62. The summed E-state index contributed by atoms with van der Waals surface area (Å²) in [6.45, 7) is 0. The van der Waals surface area contributed by atoms with Gasteiger partial charge in [-0.25, -0.2) is 0 Å². The lowest BCUT2D eigenvalue weighted by Crippen LogP contribution is -2.54. The second-order valence-corrected chi connectivity index (χ2v) is 15.4. The Morgan fingerprint density at radius 3 is 1.53 bits per heavy atom. The van der Waals surface area contributed by atoms with Gasteiger partial charge in [0.15, 0.2) is 0 Å². The van der Waals surface area contributed by atoms with Crippen molar-refractivity contribution in [1.82, 2.24) is 16.0 Å². The minimum atomic E-state index is -0.586. The average molecular weight is 732 g/mol. The summed E-state index contributed by atoms with van der Waals surface area (Å²) in [6, 6.07) is 78.0. The first-order valence-corrected chi connectivity index (χ1v) is 19.9. The van der Waals surface area contributed by atoms with Crippen molar-refractivity contribution in [3.63, 3.8) is 0 Å². The van der Waals surface area contributed by atoms with Gasteiger partial charge in [0.25, 0.3) is 0 Å². The molecule has 3 heteroatoms. The first-order chi connectivity index (χ1) is 28.3. The van der Waals surface area contributed by atoms with Gasteiger partial charge in [-0.3, -0.25) is 16.0 Å². The molecule has 0 amide bonds. The van der Waals surface area contributed by atoms with E-state index in [0.29, 0.717) is 0 Å². The quantitative estimate of drug-likeness (QED) is 0.159. The molecule has 0 aromatic heterocycles. The summed E-state index contributed by atoms with van der Waals surface area (Å²) in [7, 11) is 0. The number of rotatable bonds is 6. The molecule has 0 saturated carbocycles. The third kappa shape index (κ3) is 5.55. The molecule has 0 radical (unpaired) electrons. The molecule has 1 aliphatic carbocycles. The molecule has 1 fully saturated rings. The van der Waals surface area contributed by atoms with E-state index in [4.69, 9.17) is 0 Å². The molecule has 0 spiro atoms. The second-order valence-electron chi connectivity index (χ2n) is 15.4. The number of benzene rings is 9. The van der Waals surface area contributed by atoms with Gasteiger partial charge in [0, 0.05) is 0 Å². The zero-order valence-electron chi connectivity index (χ0n) is 31.4. The van der Waals surface area contributed by atoms with E-state index < -0.39 is 5.41 Å². The van der Waals surface area contributed by atoms with Crippen molar-refractivity contribution >= 4 is 21.5 Å². The fraction of sp³-hybridized carbons (Fsp3) is 0.0741. The molecule has 9 aromatic carbocycles. The SMILES string of the molecule is c1ccc(-c2cc3ccccc3c3c2-c2ccc(C4NC(c5ccccc5)NC(c5ccc6ccccc6c5)N4)cc2C3(c2ccccc2)c2ccccc2)cc1. The van der Waals surface area contributed by atoms with E-state index in [1.54, 1.807) is 0 Å². The van der Waals surface area contributed by atoms with E-state index in [-0.39, 0.29) is 18.5 Å². The zero-order valence-corrected chi connectivity index (χ0v) is 31.4. The lowest BCUT2D eigenvalue weighted by molar-refractivity contribution is 0.203. The summed E-state index contributed by atoms with van der Waals surface area (Å²) in [6.07, 6.45) is -0.337. The number of hydrogen-bond donors (Lipinski definition) is 3. The van der Waals surface area contributed by atoms with E-state index >= 15 is 0 Å². The van der Waals surface area contributed by atoms with Gasteiger partial charge in [-0.15, -0.1) is 0 Å². The standard InChI is InChI=1S/C54H41N3/c1-5-18-37(19-6-1)47-34-40-23-15-16-28-45(40)50-49(47)46-32-31-42(35-48(46)54(50,43-24-9-3-10-25-43)44-26-11-4-12-27-44)53-56-51(38-20-7-2-8-21-38)55-52(57-53)41-30-29-36-17-13-14-22-39(36)33-41/h1-35,51-53,55-57H. The lowest BCUT2D eigenvalue weighted by atomic mass is 9.66. The highest BCUT2D eigenvalue weighted by Crippen LogP contribution is 2.60. The Morgan fingerprint density at radius 2 is 0.860 bits per heavy atom. The molecule has 1 saturated heterocycles. The predicted octanol–water partition coefficient (Wildman–Crippen LogP) is 12.2. The molecule has 1 heterocycles. The van der Waals surface area contributed by atoms with Crippen molar-refractivity contribution in [2.75, 3.05) is 0 Å². The highest BCUT2D eigenvalue weighted by atomic mass is 15.4. The zero-order chi connectivity index (χ0) is 37.8. The van der Waals surface area contributed by atoms with Gasteiger partial charge in [-0.2, -0.15) is 0 Å². The van der Waals surface area contributed by atoms with Gasteiger partial charge in [-0.05, 0) is 94.9 Å². The summed E-state index contributed by atoms with van der Waals surface area (Å²) in [5.41, 5.74) is 13.2. The largest absolute Gasteiger partial charge is 0.279 e. The molecule has 272 valence electrons. The van der Waals surface area contributed by atoms with Crippen LogP contribution in [-0.4, -0.2) is 0 Å². The molecule has 0 bridgehead atoms. The summed E-state index contributed by atoms with van der Waals surface area (Å²) in [4.78, 5) is 0. The molecule has 3 nitrogen and oxygen atoms in total. The Bertz CT molecular complexity index is 2850. The topological polar surface area (TPSA) is 36.1 Å². The van der Waals surface area contributed by atoms with E-state index in [1.807, 2.05) is 0 Å². The monoisotopic (exact) mass is 731 g/mol. The van der Waals surface area contributed by atoms with E-state index in [0.717, 1.165) is 0 Å². The average Bonchev–Trinajstić information content (AvgIpc) is 3.61. The molecule has 3 atom stereocenters. The summed E-state index contributed by atoms with van der Waals surface area (Å²) in [5.74, 6) is 0. The molecule has 11 rings (SSSR count). The van der Waals surface area contributed by atoms with E-state index in [2.05, 4.69) is 228 Å². The summed E-state index contributed by atoms with van der Waals surface area (Å²) in [5, 5.41) is 16.9. The normalized spacial score (nSPS) is 18.3. The van der Waals surface area contributed by atoms with Crippen LogP contribution in [0.2, 0.25) is 0 Å². The van der Waals surface area contributed by atoms with Gasteiger partial charge in [0.1, 0.15) is 0 Å². The molecule has 1 aliphatic heterocycles. The molecular weight excluding hydrogens is 691 g/mol. The van der Waals surface area contributed by atoms with Crippen LogP contribution < -0.4 is 16.0 Å².